The van der Waals surface area contributed by atoms with E-state index in [1.54, 1.807) is 30.3 Å². The molecule has 2 N–H and O–H groups in total. The minimum atomic E-state index is -1.05. The summed E-state index contributed by atoms with van der Waals surface area (Å²) in [5.74, 6) is -1.40. The van der Waals surface area contributed by atoms with Gasteiger partial charge in [0.15, 0.2) is 0 Å². The third kappa shape index (κ3) is 4.29. The van der Waals surface area contributed by atoms with E-state index in [4.69, 9.17) is 11.6 Å². The normalized spacial score (nSPS) is 10.8. The molecule has 0 aliphatic carbocycles. The second kappa shape index (κ2) is 7.85. The van der Waals surface area contributed by atoms with Crippen LogP contribution in [0.5, 0.6) is 0 Å². The van der Waals surface area contributed by atoms with Crippen LogP contribution in [0.15, 0.2) is 66.7 Å². The molecule has 0 bridgehead atoms. The van der Waals surface area contributed by atoms with Crippen molar-refractivity contribution in [3.05, 3.63) is 94.3 Å². The van der Waals surface area contributed by atoms with Crippen LogP contribution in [0.4, 0.5) is 15.8 Å². The van der Waals surface area contributed by atoms with Crippen LogP contribution in [0.3, 0.4) is 0 Å². The topological polar surface area (TPSA) is 49.3 Å². The first-order valence-corrected chi connectivity index (χ1v) is 8.23. The Morgan fingerprint density at radius 2 is 1.73 bits per heavy atom. The van der Waals surface area contributed by atoms with Gasteiger partial charge in [-0.1, -0.05) is 48.0 Å². The Labute approximate surface area is 155 Å². The fraction of sp³-hybridized carbons (Fsp3) is 0. The highest BCUT2D eigenvalue weighted by atomic mass is 35.5. The van der Waals surface area contributed by atoms with Crippen LogP contribution in [-0.2, 0) is 0 Å². The van der Waals surface area contributed by atoms with Crippen molar-refractivity contribution in [2.45, 2.75) is 0 Å². The molecule has 0 amide bonds. The largest absolute Gasteiger partial charge is 0.478 e. The number of anilines is 2. The van der Waals surface area contributed by atoms with Crippen LogP contribution in [0.25, 0.3) is 12.2 Å². The predicted octanol–water partition coefficient (Wildman–Crippen LogP) is 6.09. The lowest BCUT2D eigenvalue weighted by Gasteiger charge is -2.11. The summed E-state index contributed by atoms with van der Waals surface area (Å²) in [6.07, 6.45) is 3.71. The number of carbonyl (C=O) groups is 1. The molecular formula is C21H15ClFNO2. The number of aromatic carboxylic acids is 1. The molecule has 0 heterocycles. The number of hydrogen-bond donors (Lipinski definition) is 2. The summed E-state index contributed by atoms with van der Waals surface area (Å²) < 4.78 is 13.0. The van der Waals surface area contributed by atoms with Gasteiger partial charge in [0.25, 0.3) is 0 Å². The minimum absolute atomic E-state index is 0.129. The van der Waals surface area contributed by atoms with Crippen LogP contribution < -0.4 is 5.32 Å². The van der Waals surface area contributed by atoms with Gasteiger partial charge in [-0.25, -0.2) is 9.18 Å². The van der Waals surface area contributed by atoms with E-state index >= 15 is 0 Å². The first kappa shape index (κ1) is 17.7. The average Bonchev–Trinajstić information content (AvgIpc) is 2.63. The number of hydrogen-bond acceptors (Lipinski definition) is 2. The first-order valence-electron chi connectivity index (χ1n) is 7.85. The van der Waals surface area contributed by atoms with Crippen molar-refractivity contribution in [3.63, 3.8) is 0 Å². The summed E-state index contributed by atoms with van der Waals surface area (Å²) in [6.45, 7) is 0. The van der Waals surface area contributed by atoms with Gasteiger partial charge in [-0.05, 0) is 53.6 Å². The Morgan fingerprint density at radius 3 is 2.42 bits per heavy atom. The van der Waals surface area contributed by atoms with E-state index in [-0.39, 0.29) is 11.4 Å². The zero-order valence-electron chi connectivity index (χ0n) is 13.6. The van der Waals surface area contributed by atoms with Crippen molar-refractivity contribution in [2.75, 3.05) is 5.32 Å². The molecule has 130 valence electrons. The van der Waals surface area contributed by atoms with Crippen molar-refractivity contribution in [1.82, 2.24) is 0 Å². The lowest BCUT2D eigenvalue weighted by Crippen LogP contribution is -2.03. The van der Waals surface area contributed by atoms with E-state index in [0.717, 1.165) is 11.1 Å². The van der Waals surface area contributed by atoms with E-state index in [1.807, 2.05) is 30.4 Å². The van der Waals surface area contributed by atoms with E-state index in [0.29, 0.717) is 16.4 Å². The molecule has 3 aromatic rings. The molecule has 0 spiro atoms. The number of rotatable bonds is 5. The number of nitrogens with one attached hydrogen (secondary N) is 1. The molecule has 0 atom stereocenters. The highest BCUT2D eigenvalue weighted by Crippen LogP contribution is 2.25. The SMILES string of the molecule is O=C(O)c1ccc(/C=C/c2ccccc2Cl)cc1Nc1ccc(F)cc1. The molecule has 26 heavy (non-hydrogen) atoms. The quantitative estimate of drug-likeness (QED) is 0.536. The summed E-state index contributed by atoms with van der Waals surface area (Å²) in [4.78, 5) is 11.5. The first-order chi connectivity index (χ1) is 12.5. The second-order valence-corrected chi connectivity index (χ2v) is 6.00. The summed E-state index contributed by atoms with van der Waals surface area (Å²) in [5.41, 5.74) is 2.82. The molecule has 0 unspecified atom stereocenters. The summed E-state index contributed by atoms with van der Waals surface area (Å²) in [6, 6.07) is 18.1. The van der Waals surface area contributed by atoms with Gasteiger partial charge in [0.05, 0.1) is 11.3 Å². The van der Waals surface area contributed by atoms with Crippen LogP contribution >= 0.6 is 11.6 Å². The lowest BCUT2D eigenvalue weighted by atomic mass is 10.1. The Morgan fingerprint density at radius 1 is 1.00 bits per heavy atom. The maximum atomic E-state index is 13.0. The Hall–Kier alpha value is -3.11. The number of carboxylic acids is 1. The zero-order chi connectivity index (χ0) is 18.5. The molecule has 0 radical (unpaired) electrons. The van der Waals surface area contributed by atoms with Gasteiger partial charge in [-0.15, -0.1) is 0 Å². The monoisotopic (exact) mass is 367 g/mol. The van der Waals surface area contributed by atoms with Gasteiger partial charge in [0.2, 0.25) is 0 Å². The maximum absolute atomic E-state index is 13.0. The molecule has 3 aromatic carbocycles. The van der Waals surface area contributed by atoms with Crippen LogP contribution in [0, 0.1) is 5.82 Å². The fourth-order valence-electron chi connectivity index (χ4n) is 2.44. The van der Waals surface area contributed by atoms with E-state index in [2.05, 4.69) is 5.32 Å². The van der Waals surface area contributed by atoms with E-state index in [1.165, 1.54) is 18.2 Å². The van der Waals surface area contributed by atoms with Gasteiger partial charge >= 0.3 is 5.97 Å². The number of benzene rings is 3. The van der Waals surface area contributed by atoms with Crippen molar-refractivity contribution >= 4 is 41.1 Å². The maximum Gasteiger partial charge on any atom is 0.337 e. The molecule has 0 aliphatic rings. The standard InChI is InChI=1S/C21H15ClFNO2/c22-19-4-2-1-3-15(19)7-5-14-6-12-18(21(25)26)20(13-14)24-17-10-8-16(23)9-11-17/h1-13,24H,(H,25,26)/b7-5+. The third-order valence-corrected chi connectivity index (χ3v) is 4.10. The molecule has 5 heteroatoms. The lowest BCUT2D eigenvalue weighted by molar-refractivity contribution is 0.0698. The van der Waals surface area contributed by atoms with Crippen molar-refractivity contribution in [3.8, 4) is 0 Å². The Balaban J connectivity index is 1.92. The van der Waals surface area contributed by atoms with Gasteiger partial charge < -0.3 is 10.4 Å². The van der Waals surface area contributed by atoms with Gasteiger partial charge in [-0.3, -0.25) is 0 Å². The van der Waals surface area contributed by atoms with Gasteiger partial charge in [-0.2, -0.15) is 0 Å². The molecule has 3 rings (SSSR count). The van der Waals surface area contributed by atoms with Gasteiger partial charge in [0.1, 0.15) is 5.82 Å². The molecule has 0 saturated carbocycles. The zero-order valence-corrected chi connectivity index (χ0v) is 14.4. The molecule has 0 aromatic heterocycles. The van der Waals surface area contributed by atoms with Crippen LogP contribution in [-0.4, -0.2) is 11.1 Å². The number of halogens is 2. The molecule has 3 nitrogen and oxygen atoms in total. The smallest absolute Gasteiger partial charge is 0.337 e. The molecular weight excluding hydrogens is 353 g/mol. The summed E-state index contributed by atoms with van der Waals surface area (Å²) in [5, 5.41) is 13.0. The number of carboxylic acid groups (broad SMARTS) is 1. The summed E-state index contributed by atoms with van der Waals surface area (Å²) >= 11 is 6.14. The molecule has 0 saturated heterocycles. The van der Waals surface area contributed by atoms with Crippen molar-refractivity contribution < 1.29 is 14.3 Å². The molecule has 0 fully saturated rings. The van der Waals surface area contributed by atoms with E-state index in [9.17, 15) is 14.3 Å². The predicted molar refractivity (Wildman–Crippen MR) is 103 cm³/mol. The highest BCUT2D eigenvalue weighted by Gasteiger charge is 2.10. The van der Waals surface area contributed by atoms with Crippen molar-refractivity contribution in [2.24, 2.45) is 0 Å². The van der Waals surface area contributed by atoms with Crippen LogP contribution in [0.1, 0.15) is 21.5 Å². The Bertz CT molecular complexity index is 968. The summed E-state index contributed by atoms with van der Waals surface area (Å²) in [7, 11) is 0. The average molecular weight is 368 g/mol. The molecule has 0 aliphatic heterocycles. The van der Waals surface area contributed by atoms with E-state index < -0.39 is 5.97 Å². The van der Waals surface area contributed by atoms with Crippen molar-refractivity contribution in [1.29, 1.82) is 0 Å². The fourth-order valence-corrected chi connectivity index (χ4v) is 2.64. The highest BCUT2D eigenvalue weighted by molar-refractivity contribution is 6.32. The Kier molecular flexibility index (Phi) is 5.34. The minimum Gasteiger partial charge on any atom is -0.478 e. The second-order valence-electron chi connectivity index (χ2n) is 5.60. The van der Waals surface area contributed by atoms with Crippen LogP contribution in [0.2, 0.25) is 5.02 Å². The van der Waals surface area contributed by atoms with Gasteiger partial charge in [0, 0.05) is 10.7 Å². The third-order valence-electron chi connectivity index (χ3n) is 3.76.